The molecule has 0 aliphatic rings. The van der Waals surface area contributed by atoms with E-state index in [-0.39, 0.29) is 0 Å². The Morgan fingerprint density at radius 2 is 0.297 bits per heavy atom. The molecule has 0 unspecified atom stereocenters. The zero-order valence-corrected chi connectivity index (χ0v) is 82.1. The number of hydrogen-bond acceptors (Lipinski definition) is 6. The smallest absolute Gasteiger partial charge is 0.160 e. The largest absolute Gasteiger partial charge is 0.309 e. The second-order valence-electron chi connectivity index (χ2n) is 38.2. The molecule has 0 saturated heterocycles. The van der Waals surface area contributed by atoms with Gasteiger partial charge in [0.05, 0.1) is 90.4 Å². The van der Waals surface area contributed by atoms with E-state index in [1.54, 1.807) is 0 Å². The molecule has 8 heterocycles. The van der Waals surface area contributed by atoms with E-state index in [4.69, 9.17) is 29.9 Å². The van der Waals surface area contributed by atoms with Crippen molar-refractivity contribution < 1.29 is 0 Å². The van der Waals surface area contributed by atoms with Crippen LogP contribution in [0.2, 0.25) is 0 Å². The Labute approximate surface area is 860 Å². The standard InChI is InChI=1S/C70H50N4.C68H48N6/c1-47-23-27-55(28-24-47)67-43-59-45-70-60(46-69(59)73(67)61-35-31-49(32-36-61)57-39-63(51-15-7-3-8-16-51)71-64(40-57)52-17-9-4-10-18-52)44-68(56-29-25-48(2)26-30-56)74(70)62-37-33-50(34-38-62)58-41-65(53-19-11-5-12-20-53)72-66(42-58)54-21-13-6-14-22-54;1-45-23-27-51(28-24-45)63-39-55-41-66-56(42-65(55)73(63)57-35-31-49(32-36-57)61-43-59(47-15-7-3-8-16-47)69-67(71-61)53-19-11-5-12-20-53)40-64(52-29-25-46(2)26-30-52)74(66)58-37-33-50(34-38-58)62-44-60(48-17-9-4-10-18-48)70-68(72-62)54-21-13-6-14-22-54/h3-46H,1-2H3;3-44H,1-2H3. The minimum atomic E-state index is 0.696. The fourth-order valence-corrected chi connectivity index (χ4v) is 20.4. The van der Waals surface area contributed by atoms with Gasteiger partial charge in [0, 0.05) is 99.9 Å². The molecule has 0 saturated carbocycles. The number of pyridine rings is 2. The minimum Gasteiger partial charge on any atom is -0.309 e. The highest BCUT2D eigenvalue weighted by Crippen LogP contribution is 2.45. The van der Waals surface area contributed by atoms with Gasteiger partial charge in [-0.3, -0.25) is 0 Å². The van der Waals surface area contributed by atoms with Crippen molar-refractivity contribution in [2.45, 2.75) is 27.7 Å². The topological polar surface area (TPSA) is 97.1 Å². The molecule has 10 heteroatoms. The molecule has 26 rings (SSSR count). The molecule has 0 aliphatic carbocycles. The van der Waals surface area contributed by atoms with Gasteiger partial charge in [0.2, 0.25) is 0 Å². The minimum absolute atomic E-state index is 0.696. The molecule has 8 aromatic heterocycles. The Hall–Kier alpha value is -19.4. The van der Waals surface area contributed by atoms with Gasteiger partial charge in [0.15, 0.2) is 11.6 Å². The maximum absolute atomic E-state index is 5.15. The average molecular weight is 1900 g/mol. The number of hydrogen-bond donors (Lipinski definition) is 0. The fraction of sp³-hybridized carbons (Fsp3) is 0.0290. The zero-order valence-electron chi connectivity index (χ0n) is 82.1. The van der Waals surface area contributed by atoms with Crippen molar-refractivity contribution in [2.24, 2.45) is 0 Å². The van der Waals surface area contributed by atoms with Crippen molar-refractivity contribution in [1.82, 2.24) is 48.2 Å². The van der Waals surface area contributed by atoms with Crippen LogP contribution in [0.5, 0.6) is 0 Å². The lowest BCUT2D eigenvalue weighted by molar-refractivity contribution is 1.13. The lowest BCUT2D eigenvalue weighted by atomic mass is 9.99. The van der Waals surface area contributed by atoms with Crippen LogP contribution in [0.1, 0.15) is 22.3 Å². The third kappa shape index (κ3) is 18.0. The van der Waals surface area contributed by atoms with Crippen LogP contribution in [-0.4, -0.2) is 48.2 Å². The van der Waals surface area contributed by atoms with Gasteiger partial charge in [0.1, 0.15) is 0 Å². The van der Waals surface area contributed by atoms with E-state index < -0.39 is 0 Å². The first-order valence-corrected chi connectivity index (χ1v) is 50.3. The van der Waals surface area contributed by atoms with Crippen molar-refractivity contribution in [3.8, 4) is 203 Å². The number of fused-ring (bicyclic) bond motifs is 4. The second kappa shape index (κ2) is 39.1. The number of rotatable bonds is 20. The predicted octanol–water partition coefficient (Wildman–Crippen LogP) is 35.4. The molecule has 148 heavy (non-hydrogen) atoms. The summed E-state index contributed by atoms with van der Waals surface area (Å²) >= 11 is 0. The first-order valence-electron chi connectivity index (χ1n) is 50.3. The molecule has 0 radical (unpaired) electrons. The van der Waals surface area contributed by atoms with Crippen LogP contribution in [0.3, 0.4) is 0 Å². The Morgan fingerprint density at radius 3 is 0.500 bits per heavy atom. The van der Waals surface area contributed by atoms with Crippen molar-refractivity contribution in [2.75, 3.05) is 0 Å². The van der Waals surface area contributed by atoms with Gasteiger partial charge in [-0.15, -0.1) is 0 Å². The summed E-state index contributed by atoms with van der Waals surface area (Å²) in [4.78, 5) is 30.7. The third-order valence-electron chi connectivity index (χ3n) is 28.2. The van der Waals surface area contributed by atoms with E-state index in [0.717, 1.165) is 235 Å². The maximum atomic E-state index is 5.15. The second-order valence-corrected chi connectivity index (χ2v) is 38.2. The van der Waals surface area contributed by atoms with Crippen molar-refractivity contribution in [3.05, 3.63) is 544 Å². The molecule has 700 valence electrons. The molecule has 0 N–H and O–H groups in total. The quantitative estimate of drug-likeness (QED) is 0.0754. The van der Waals surface area contributed by atoms with Gasteiger partial charge >= 0.3 is 0 Å². The van der Waals surface area contributed by atoms with E-state index in [0.29, 0.717) is 11.6 Å². The SMILES string of the molecule is Cc1ccc(-c2cc3cc4c(cc(-c5ccc(C)cc5)n4-c4ccc(-c5cc(-c6ccccc6)nc(-c6ccccc6)c5)cc4)cc3n2-c2ccc(-c3cc(-c4ccccc4)nc(-c4ccccc4)c3)cc2)cc1.Cc1ccc(-c2cc3cc4c(cc(-c5ccc(C)cc5)n4-c4ccc(-c5cc(-c6ccccc6)nc(-c6ccccc6)n5)cc4)cc3n2-c2ccc(-c3cc(-c4ccccc4)nc(-c4ccccc4)n3)cc2)cc1. The molecule has 18 aromatic carbocycles. The third-order valence-corrected chi connectivity index (χ3v) is 28.2. The monoisotopic (exact) mass is 1890 g/mol. The summed E-state index contributed by atoms with van der Waals surface area (Å²) in [5, 5.41) is 4.61. The highest BCUT2D eigenvalue weighted by molar-refractivity contribution is 6.05. The highest BCUT2D eigenvalue weighted by Gasteiger charge is 2.25. The van der Waals surface area contributed by atoms with Crippen molar-refractivity contribution in [3.63, 3.8) is 0 Å². The molecule has 0 aliphatic heterocycles. The number of nitrogens with zero attached hydrogens (tertiary/aromatic N) is 10. The number of benzene rings is 18. The summed E-state index contributed by atoms with van der Waals surface area (Å²) in [5.41, 5.74) is 45.1. The molecule has 0 fully saturated rings. The van der Waals surface area contributed by atoms with E-state index >= 15 is 0 Å². The summed E-state index contributed by atoms with van der Waals surface area (Å²) in [7, 11) is 0. The normalized spacial score (nSPS) is 11.4. The fourth-order valence-electron chi connectivity index (χ4n) is 20.4. The van der Waals surface area contributed by atoms with Gasteiger partial charge < -0.3 is 18.3 Å². The van der Waals surface area contributed by atoms with Crippen LogP contribution in [0.4, 0.5) is 0 Å². The van der Waals surface area contributed by atoms with Crippen LogP contribution < -0.4 is 0 Å². The zero-order chi connectivity index (χ0) is 99.1. The molecule has 26 aromatic rings. The van der Waals surface area contributed by atoms with E-state index in [9.17, 15) is 0 Å². The molecular formula is C138H98N10. The first kappa shape index (κ1) is 89.9. The van der Waals surface area contributed by atoms with Crippen LogP contribution in [0, 0.1) is 27.7 Å². The lowest BCUT2D eigenvalue weighted by Gasteiger charge is -2.15. The first-order chi connectivity index (χ1) is 72.9. The Bertz CT molecular complexity index is 8020. The van der Waals surface area contributed by atoms with Gasteiger partial charge in [-0.1, -0.05) is 411 Å². The molecule has 0 bridgehead atoms. The summed E-state index contributed by atoms with van der Waals surface area (Å²) in [6.45, 7) is 8.57. The van der Waals surface area contributed by atoms with Gasteiger partial charge in [-0.2, -0.15) is 0 Å². The van der Waals surface area contributed by atoms with E-state index in [1.165, 1.54) is 22.3 Å². The van der Waals surface area contributed by atoms with Crippen LogP contribution in [0.25, 0.3) is 246 Å². The van der Waals surface area contributed by atoms with Gasteiger partial charge in [0.25, 0.3) is 0 Å². The van der Waals surface area contributed by atoms with Gasteiger partial charge in [-0.25, -0.2) is 29.9 Å². The molecule has 0 atom stereocenters. The Balaban J connectivity index is 0.000000154. The Morgan fingerprint density at radius 1 is 0.128 bits per heavy atom. The molecule has 10 nitrogen and oxygen atoms in total. The molecule has 0 amide bonds. The van der Waals surface area contributed by atoms with Crippen molar-refractivity contribution in [1.29, 1.82) is 0 Å². The van der Waals surface area contributed by atoms with Crippen LogP contribution in [-0.2, 0) is 0 Å². The van der Waals surface area contributed by atoms with E-state index in [1.807, 2.05) is 48.5 Å². The maximum Gasteiger partial charge on any atom is 0.160 e. The molecule has 0 spiro atoms. The van der Waals surface area contributed by atoms with Gasteiger partial charge in [-0.05, 0) is 206 Å². The van der Waals surface area contributed by atoms with Crippen molar-refractivity contribution >= 4 is 43.6 Å². The number of aryl methyl sites for hydroxylation is 4. The number of aromatic nitrogens is 10. The van der Waals surface area contributed by atoms with Crippen LogP contribution in [0.15, 0.2) is 522 Å². The Kier molecular flexibility index (Phi) is 23.8. The summed E-state index contributed by atoms with van der Waals surface area (Å²) in [5.74, 6) is 1.39. The summed E-state index contributed by atoms with van der Waals surface area (Å²) < 4.78 is 9.67. The average Bonchev–Trinajstić information content (AvgIpc) is 1.58. The van der Waals surface area contributed by atoms with Crippen LogP contribution >= 0.6 is 0 Å². The summed E-state index contributed by atoms with van der Waals surface area (Å²) in [6.07, 6.45) is 0. The predicted molar refractivity (Wildman–Crippen MR) is 613 cm³/mol. The summed E-state index contributed by atoms with van der Waals surface area (Å²) in [6, 6.07) is 186. The highest BCUT2D eigenvalue weighted by atomic mass is 15.0. The molecular weight excluding hydrogens is 1800 g/mol. The van der Waals surface area contributed by atoms with E-state index in [2.05, 4.69) is 519 Å². The lowest BCUT2D eigenvalue weighted by Crippen LogP contribution is -1.99.